The summed E-state index contributed by atoms with van der Waals surface area (Å²) < 4.78 is 0. The van der Waals surface area contributed by atoms with E-state index in [0.717, 1.165) is 5.92 Å². The molecule has 18 heavy (non-hydrogen) atoms. The molecule has 0 aliphatic heterocycles. The summed E-state index contributed by atoms with van der Waals surface area (Å²) in [7, 11) is 2.06. The van der Waals surface area contributed by atoms with E-state index < -0.39 is 0 Å². The topological polar surface area (TPSA) is 12.0 Å². The zero-order valence-electron chi connectivity index (χ0n) is 10.7. The minimum absolute atomic E-state index is 0.349. The van der Waals surface area contributed by atoms with Gasteiger partial charge in [0.05, 0.1) is 6.04 Å². The predicted molar refractivity (Wildman–Crippen MR) is 78.3 cm³/mol. The second kappa shape index (κ2) is 5.25. The number of benzene rings is 1. The molecular weight excluding hydrogens is 238 g/mol. The van der Waals surface area contributed by atoms with Crippen molar-refractivity contribution < 1.29 is 0 Å². The van der Waals surface area contributed by atoms with Gasteiger partial charge in [-0.05, 0) is 48.4 Å². The first kappa shape index (κ1) is 11.9. The van der Waals surface area contributed by atoms with Crippen molar-refractivity contribution in [2.75, 3.05) is 7.05 Å². The van der Waals surface area contributed by atoms with E-state index in [9.17, 15) is 0 Å². The maximum absolute atomic E-state index is 3.47. The van der Waals surface area contributed by atoms with Crippen LogP contribution >= 0.6 is 11.3 Å². The number of nitrogens with one attached hydrogen (secondary N) is 1. The Labute approximate surface area is 113 Å². The summed E-state index contributed by atoms with van der Waals surface area (Å²) in [5, 5.41) is 5.63. The van der Waals surface area contributed by atoms with Gasteiger partial charge < -0.3 is 5.32 Å². The van der Waals surface area contributed by atoms with E-state index in [2.05, 4.69) is 54.1 Å². The van der Waals surface area contributed by atoms with E-state index >= 15 is 0 Å². The molecule has 1 aromatic carbocycles. The molecule has 1 heterocycles. The highest BCUT2D eigenvalue weighted by atomic mass is 32.1. The van der Waals surface area contributed by atoms with Crippen molar-refractivity contribution in [3.05, 3.63) is 57.8 Å². The fourth-order valence-electron chi connectivity index (χ4n) is 2.77. The van der Waals surface area contributed by atoms with E-state index in [1.165, 1.54) is 29.7 Å². The molecule has 1 nitrogen and oxygen atoms in total. The summed E-state index contributed by atoms with van der Waals surface area (Å²) >= 11 is 1.83. The Bertz CT molecular complexity index is 500. The van der Waals surface area contributed by atoms with Crippen molar-refractivity contribution in [3.8, 4) is 0 Å². The predicted octanol–water partition coefficient (Wildman–Crippen LogP) is 4.32. The molecular formula is C16H19NS. The van der Waals surface area contributed by atoms with Crippen LogP contribution in [0.2, 0.25) is 0 Å². The van der Waals surface area contributed by atoms with E-state index in [0.29, 0.717) is 6.04 Å². The third kappa shape index (κ3) is 2.11. The van der Waals surface area contributed by atoms with Crippen LogP contribution in [0.15, 0.2) is 41.8 Å². The molecule has 0 radical (unpaired) electrons. The summed E-state index contributed by atoms with van der Waals surface area (Å²) in [4.78, 5) is 1.41. The largest absolute Gasteiger partial charge is 0.309 e. The van der Waals surface area contributed by atoms with E-state index in [1.807, 2.05) is 11.3 Å². The quantitative estimate of drug-likeness (QED) is 0.860. The first-order chi connectivity index (χ1) is 8.90. The van der Waals surface area contributed by atoms with Gasteiger partial charge >= 0.3 is 0 Å². The van der Waals surface area contributed by atoms with Crippen molar-refractivity contribution in [1.82, 2.24) is 5.32 Å². The van der Waals surface area contributed by atoms with Gasteiger partial charge in [0, 0.05) is 4.88 Å². The average Bonchev–Trinajstić information content (AvgIpc) is 2.84. The van der Waals surface area contributed by atoms with Crippen molar-refractivity contribution in [3.63, 3.8) is 0 Å². The number of rotatable bonds is 4. The van der Waals surface area contributed by atoms with Crippen LogP contribution in [-0.4, -0.2) is 7.05 Å². The summed E-state index contributed by atoms with van der Waals surface area (Å²) in [5.74, 6) is 0.789. The highest BCUT2D eigenvalue weighted by molar-refractivity contribution is 7.10. The van der Waals surface area contributed by atoms with Crippen molar-refractivity contribution in [2.45, 2.75) is 31.2 Å². The van der Waals surface area contributed by atoms with Crippen LogP contribution < -0.4 is 5.32 Å². The summed E-state index contributed by atoms with van der Waals surface area (Å²) in [5.41, 5.74) is 3.02. The lowest BCUT2D eigenvalue weighted by molar-refractivity contribution is 0.415. The highest BCUT2D eigenvalue weighted by Crippen LogP contribution is 2.40. The second-order valence-corrected chi connectivity index (χ2v) is 5.97. The zero-order valence-corrected chi connectivity index (χ0v) is 11.5. The lowest BCUT2D eigenvalue weighted by Gasteiger charge is -2.30. The maximum Gasteiger partial charge on any atom is 0.0671 e. The van der Waals surface area contributed by atoms with Crippen LogP contribution in [0.1, 0.15) is 47.2 Å². The van der Waals surface area contributed by atoms with E-state index in [1.54, 1.807) is 5.56 Å². The molecule has 2 heteroatoms. The fourth-order valence-corrected chi connectivity index (χ4v) is 3.62. The van der Waals surface area contributed by atoms with Crippen molar-refractivity contribution >= 4 is 11.3 Å². The molecule has 1 aliphatic carbocycles. The van der Waals surface area contributed by atoms with Gasteiger partial charge in [-0.1, -0.05) is 36.8 Å². The van der Waals surface area contributed by atoms with Crippen LogP contribution in [0.5, 0.6) is 0 Å². The van der Waals surface area contributed by atoms with E-state index in [4.69, 9.17) is 0 Å². The molecule has 0 amide bonds. The molecule has 94 valence electrons. The summed E-state index contributed by atoms with van der Waals surface area (Å²) in [6.45, 7) is 0. The van der Waals surface area contributed by atoms with E-state index in [-0.39, 0.29) is 0 Å². The van der Waals surface area contributed by atoms with Crippen LogP contribution in [0, 0.1) is 0 Å². The number of hydrogen-bond acceptors (Lipinski definition) is 2. The molecule has 1 N–H and O–H groups in total. The zero-order chi connectivity index (χ0) is 12.4. The van der Waals surface area contributed by atoms with Crippen LogP contribution in [-0.2, 0) is 0 Å². The van der Waals surface area contributed by atoms with Crippen LogP contribution in [0.3, 0.4) is 0 Å². The van der Waals surface area contributed by atoms with Gasteiger partial charge in [0.25, 0.3) is 0 Å². The third-order valence-electron chi connectivity index (χ3n) is 3.97. The minimum Gasteiger partial charge on any atom is -0.309 e. The SMILES string of the molecule is CNC(c1cccs1)c1ccccc1C1CCC1. The summed E-state index contributed by atoms with van der Waals surface area (Å²) in [6.07, 6.45) is 4.11. The van der Waals surface area contributed by atoms with Gasteiger partial charge in [-0.25, -0.2) is 0 Å². The normalized spacial score (nSPS) is 17.4. The van der Waals surface area contributed by atoms with Crippen LogP contribution in [0.4, 0.5) is 0 Å². The number of hydrogen-bond donors (Lipinski definition) is 1. The molecule has 1 saturated carbocycles. The Kier molecular flexibility index (Phi) is 3.48. The van der Waals surface area contributed by atoms with Gasteiger partial charge in [0.15, 0.2) is 0 Å². The molecule has 1 atom stereocenters. The fraction of sp³-hybridized carbons (Fsp3) is 0.375. The van der Waals surface area contributed by atoms with Gasteiger partial charge in [-0.15, -0.1) is 11.3 Å². The Morgan fingerprint density at radius 1 is 1.17 bits per heavy atom. The standard InChI is InChI=1S/C16H19NS/c1-17-16(15-10-5-11-18-15)14-9-3-2-8-13(14)12-6-4-7-12/h2-3,5,8-12,16-17H,4,6-7H2,1H3. The molecule has 0 spiro atoms. The second-order valence-electron chi connectivity index (χ2n) is 4.99. The smallest absolute Gasteiger partial charge is 0.0671 e. The maximum atomic E-state index is 3.47. The summed E-state index contributed by atoms with van der Waals surface area (Å²) in [6, 6.07) is 13.7. The van der Waals surface area contributed by atoms with Gasteiger partial charge in [0.2, 0.25) is 0 Å². The monoisotopic (exact) mass is 257 g/mol. The molecule has 0 saturated heterocycles. The average molecular weight is 257 g/mol. The molecule has 3 rings (SSSR count). The van der Waals surface area contributed by atoms with Crippen molar-refractivity contribution in [2.24, 2.45) is 0 Å². The first-order valence-electron chi connectivity index (χ1n) is 6.69. The Balaban J connectivity index is 1.99. The third-order valence-corrected chi connectivity index (χ3v) is 4.91. The van der Waals surface area contributed by atoms with Gasteiger partial charge in [0.1, 0.15) is 0 Å². The first-order valence-corrected chi connectivity index (χ1v) is 7.57. The molecule has 1 aromatic heterocycles. The Morgan fingerprint density at radius 2 is 2.00 bits per heavy atom. The minimum atomic E-state index is 0.349. The Hall–Kier alpha value is -1.12. The molecule has 1 fully saturated rings. The molecule has 0 bridgehead atoms. The van der Waals surface area contributed by atoms with Gasteiger partial charge in [-0.3, -0.25) is 0 Å². The Morgan fingerprint density at radius 3 is 2.61 bits per heavy atom. The lowest BCUT2D eigenvalue weighted by Crippen LogP contribution is -2.20. The van der Waals surface area contributed by atoms with Crippen LogP contribution in [0.25, 0.3) is 0 Å². The number of thiophene rings is 1. The highest BCUT2D eigenvalue weighted by Gasteiger charge is 2.25. The molecule has 1 aliphatic rings. The lowest BCUT2D eigenvalue weighted by atomic mass is 9.77. The molecule has 1 unspecified atom stereocenters. The van der Waals surface area contributed by atoms with Gasteiger partial charge in [-0.2, -0.15) is 0 Å². The molecule has 2 aromatic rings. The van der Waals surface area contributed by atoms with Crippen molar-refractivity contribution in [1.29, 1.82) is 0 Å².